The Balaban J connectivity index is 2.87. The molecule has 1 aliphatic rings. The van der Waals surface area contributed by atoms with Crippen molar-refractivity contribution in [3.63, 3.8) is 0 Å². The second-order valence-corrected chi connectivity index (χ2v) is 9.78. The van der Waals surface area contributed by atoms with Crippen LogP contribution in [0.4, 0.5) is 0 Å². The number of likely N-dealkylation sites (tertiary alicyclic amines) is 1. The Labute approximate surface area is 113 Å². The van der Waals surface area contributed by atoms with E-state index in [1.807, 2.05) is 14.1 Å². The summed E-state index contributed by atoms with van der Waals surface area (Å²) in [5, 5.41) is -0.463. The second kappa shape index (κ2) is 5.24. The quantitative estimate of drug-likeness (QED) is 0.431. The Bertz CT molecular complexity index is 499. The van der Waals surface area contributed by atoms with Crippen molar-refractivity contribution < 1.29 is 25.9 Å². The molecule has 0 aromatic heterocycles. The molecule has 0 radical (unpaired) electrons. The summed E-state index contributed by atoms with van der Waals surface area (Å²) in [4.78, 5) is 0. The zero-order valence-electron chi connectivity index (χ0n) is 10.4. The minimum absolute atomic E-state index is 0.127. The van der Waals surface area contributed by atoms with E-state index in [9.17, 15) is 16.8 Å². The van der Waals surface area contributed by atoms with E-state index < -0.39 is 30.9 Å². The number of alkyl halides is 1. The number of hydrogen-bond donors (Lipinski definition) is 1. The van der Waals surface area contributed by atoms with Gasteiger partial charge in [-0.25, -0.2) is 8.42 Å². The lowest BCUT2D eigenvalue weighted by molar-refractivity contribution is -0.880. The molecular weight excluding hydrogens is 302 g/mol. The third kappa shape index (κ3) is 5.00. The summed E-state index contributed by atoms with van der Waals surface area (Å²) in [6.45, 7) is 1.10. The highest BCUT2D eigenvalue weighted by Crippen LogP contribution is 2.29. The molecule has 1 saturated heterocycles. The average molecular weight is 321 g/mol. The fraction of sp³-hybridized carbons (Fsp3) is 1.00. The van der Waals surface area contributed by atoms with Crippen LogP contribution < -0.4 is 0 Å². The van der Waals surface area contributed by atoms with Gasteiger partial charge >= 0.3 is 0 Å². The first-order valence-electron chi connectivity index (χ1n) is 5.48. The first kappa shape index (κ1) is 16.2. The molecule has 1 rings (SSSR count). The smallest absolute Gasteiger partial charge is 0.265 e. The molecule has 2 unspecified atom stereocenters. The second-order valence-electron chi connectivity index (χ2n) is 5.59. The minimum Gasteiger partial charge on any atom is -0.328 e. The fourth-order valence-corrected chi connectivity index (χ4v) is 4.97. The van der Waals surface area contributed by atoms with Gasteiger partial charge in [0, 0.05) is 11.8 Å². The van der Waals surface area contributed by atoms with Crippen LogP contribution in [0, 0.1) is 11.8 Å². The normalized spacial score (nSPS) is 28.4. The summed E-state index contributed by atoms with van der Waals surface area (Å²) in [5.41, 5.74) is 0. The summed E-state index contributed by atoms with van der Waals surface area (Å²) in [7, 11) is -3.64. The summed E-state index contributed by atoms with van der Waals surface area (Å²) in [6, 6.07) is 0. The van der Waals surface area contributed by atoms with Crippen LogP contribution in [0.15, 0.2) is 0 Å². The molecule has 0 saturated carbocycles. The van der Waals surface area contributed by atoms with Crippen molar-refractivity contribution in [2.75, 3.05) is 43.9 Å². The Morgan fingerprint density at radius 1 is 1.11 bits per heavy atom. The predicted molar refractivity (Wildman–Crippen MR) is 69.7 cm³/mol. The summed E-state index contributed by atoms with van der Waals surface area (Å²) in [6.07, 6.45) is 0. The molecule has 0 aromatic rings. The van der Waals surface area contributed by atoms with Gasteiger partial charge in [-0.15, -0.1) is 11.6 Å². The van der Waals surface area contributed by atoms with Crippen molar-refractivity contribution in [3.05, 3.63) is 0 Å². The van der Waals surface area contributed by atoms with Gasteiger partial charge in [0.2, 0.25) is 0 Å². The summed E-state index contributed by atoms with van der Waals surface area (Å²) in [5.74, 6) is -1.16. The van der Waals surface area contributed by atoms with E-state index in [4.69, 9.17) is 16.2 Å². The van der Waals surface area contributed by atoms with Crippen LogP contribution in [-0.2, 0) is 20.0 Å². The van der Waals surface area contributed by atoms with Crippen molar-refractivity contribution >= 4 is 31.6 Å². The first-order chi connectivity index (χ1) is 7.94. The molecule has 1 aliphatic heterocycles. The molecule has 9 heteroatoms. The maximum Gasteiger partial charge on any atom is 0.265 e. The molecule has 2 atom stereocenters. The van der Waals surface area contributed by atoms with E-state index in [2.05, 4.69) is 0 Å². The first-order valence-corrected chi connectivity index (χ1v) is 9.44. The number of rotatable bonds is 5. The molecule has 6 nitrogen and oxygen atoms in total. The molecule has 0 bridgehead atoms. The minimum atomic E-state index is -4.09. The molecule has 1 fully saturated rings. The van der Waals surface area contributed by atoms with Crippen LogP contribution in [0.25, 0.3) is 0 Å². The third-order valence-electron chi connectivity index (χ3n) is 3.18. The Hall–Kier alpha value is 0.110. The Kier molecular flexibility index (Phi) is 4.71. The van der Waals surface area contributed by atoms with E-state index in [0.29, 0.717) is 17.6 Å². The maximum absolute atomic E-state index is 11.5. The van der Waals surface area contributed by atoms with Gasteiger partial charge < -0.3 is 4.48 Å². The van der Waals surface area contributed by atoms with Gasteiger partial charge in [0.05, 0.1) is 38.7 Å². The third-order valence-corrected chi connectivity index (χ3v) is 6.30. The van der Waals surface area contributed by atoms with Gasteiger partial charge in [-0.3, -0.25) is 4.55 Å². The molecule has 18 heavy (non-hydrogen) atoms. The van der Waals surface area contributed by atoms with E-state index in [1.54, 1.807) is 0 Å². The Morgan fingerprint density at radius 3 is 1.94 bits per heavy atom. The molecule has 0 amide bonds. The molecule has 0 spiro atoms. The van der Waals surface area contributed by atoms with Gasteiger partial charge in [0.15, 0.2) is 9.84 Å². The monoisotopic (exact) mass is 320 g/mol. The van der Waals surface area contributed by atoms with Crippen molar-refractivity contribution in [1.82, 2.24) is 0 Å². The van der Waals surface area contributed by atoms with E-state index >= 15 is 0 Å². The van der Waals surface area contributed by atoms with Crippen molar-refractivity contribution in [1.29, 1.82) is 0 Å². The fourth-order valence-electron chi connectivity index (χ4n) is 2.66. The Morgan fingerprint density at radius 2 is 1.56 bits per heavy atom. The lowest BCUT2D eigenvalue weighted by Gasteiger charge is -2.23. The van der Waals surface area contributed by atoms with Crippen LogP contribution in [0.3, 0.4) is 0 Å². The largest absolute Gasteiger partial charge is 0.328 e. The molecule has 0 aliphatic carbocycles. The van der Waals surface area contributed by atoms with Crippen LogP contribution in [0.5, 0.6) is 0 Å². The number of hydrogen-bond acceptors (Lipinski definition) is 4. The van der Waals surface area contributed by atoms with Crippen LogP contribution >= 0.6 is 11.6 Å². The van der Waals surface area contributed by atoms with Crippen LogP contribution in [0.2, 0.25) is 0 Å². The zero-order valence-corrected chi connectivity index (χ0v) is 12.8. The van der Waals surface area contributed by atoms with Gasteiger partial charge in [-0.05, 0) is 0 Å². The van der Waals surface area contributed by atoms with Crippen LogP contribution in [-0.4, -0.2) is 69.8 Å². The SMILES string of the molecule is C[N+]1(C)CC(CS(=O)(=O)O)C(CS(=O)(=O)CCl)C1. The standard InChI is InChI=1S/C9H18ClNO5S2/c1-11(2)3-8(5-17(12,13)7-10)9(4-11)6-18(14,15)16/h8-9H,3-7H2,1-2H3/p+1. The van der Waals surface area contributed by atoms with E-state index in [0.717, 1.165) is 0 Å². The zero-order chi connectivity index (χ0) is 14.2. The van der Waals surface area contributed by atoms with E-state index in [-0.39, 0.29) is 17.6 Å². The van der Waals surface area contributed by atoms with Crippen LogP contribution in [0.1, 0.15) is 0 Å². The van der Waals surface area contributed by atoms with E-state index in [1.165, 1.54) is 0 Å². The molecule has 0 aromatic carbocycles. The maximum atomic E-state index is 11.5. The molecular formula is C9H19ClNO5S2+. The highest BCUT2D eigenvalue weighted by molar-refractivity contribution is 7.92. The number of sulfone groups is 1. The predicted octanol–water partition coefficient (Wildman–Crippen LogP) is -0.192. The number of nitrogens with zero attached hydrogens (tertiary/aromatic N) is 1. The molecule has 1 heterocycles. The number of halogens is 1. The average Bonchev–Trinajstić information content (AvgIpc) is 2.37. The highest BCUT2D eigenvalue weighted by atomic mass is 35.5. The van der Waals surface area contributed by atoms with Gasteiger partial charge in [0.25, 0.3) is 10.1 Å². The van der Waals surface area contributed by atoms with Gasteiger partial charge in [-0.1, -0.05) is 0 Å². The topological polar surface area (TPSA) is 88.5 Å². The van der Waals surface area contributed by atoms with Crippen molar-refractivity contribution in [2.45, 2.75) is 0 Å². The molecule has 1 N–H and O–H groups in total. The highest BCUT2D eigenvalue weighted by Gasteiger charge is 2.43. The number of quaternary nitrogens is 1. The van der Waals surface area contributed by atoms with Gasteiger partial charge in [-0.2, -0.15) is 8.42 Å². The summed E-state index contributed by atoms with van der Waals surface area (Å²) < 4.78 is 54.4. The lowest BCUT2D eigenvalue weighted by atomic mass is 10.0. The van der Waals surface area contributed by atoms with Crippen molar-refractivity contribution in [3.8, 4) is 0 Å². The molecule has 108 valence electrons. The lowest BCUT2D eigenvalue weighted by Crippen LogP contribution is -2.37. The van der Waals surface area contributed by atoms with Gasteiger partial charge in [0.1, 0.15) is 5.21 Å². The summed E-state index contributed by atoms with van der Waals surface area (Å²) >= 11 is 5.36. The van der Waals surface area contributed by atoms with Crippen molar-refractivity contribution in [2.24, 2.45) is 11.8 Å².